The van der Waals surface area contributed by atoms with E-state index < -0.39 is 0 Å². The van der Waals surface area contributed by atoms with E-state index in [-0.39, 0.29) is 22.2 Å². The van der Waals surface area contributed by atoms with E-state index in [2.05, 4.69) is 82.6 Å². The van der Waals surface area contributed by atoms with E-state index in [1.165, 1.54) is 27.6 Å². The van der Waals surface area contributed by atoms with Crippen LogP contribution in [-0.4, -0.2) is 0 Å². The fourth-order valence-corrected chi connectivity index (χ4v) is 6.38. The van der Waals surface area contributed by atoms with Gasteiger partial charge in [-0.05, 0) is 42.3 Å². The summed E-state index contributed by atoms with van der Waals surface area (Å²) in [4.78, 5) is 0. The van der Waals surface area contributed by atoms with Crippen molar-refractivity contribution in [3.63, 3.8) is 0 Å². The molecular weight excluding hydrogens is 357 g/mol. The van der Waals surface area contributed by atoms with Crippen molar-refractivity contribution in [2.24, 2.45) is 0 Å². The summed E-state index contributed by atoms with van der Waals surface area (Å²) in [5.41, 5.74) is 6.06. The third kappa shape index (κ3) is 1.89. The van der Waals surface area contributed by atoms with E-state index in [9.17, 15) is 0 Å². The van der Waals surface area contributed by atoms with Gasteiger partial charge in [0, 0.05) is 30.4 Å². The van der Waals surface area contributed by atoms with E-state index in [1.807, 2.05) is 6.92 Å². The number of halogens is 1. The summed E-state index contributed by atoms with van der Waals surface area (Å²) < 4.78 is 18.3. The van der Waals surface area contributed by atoms with Crippen LogP contribution in [0.1, 0.15) is 76.6 Å². The standard InChI is InChI=1S/C27H31FN/c1-8-26(6)19-15-16(3)23(28)22-21(19)24-20-17(11-10-12-18(20)25(22,4)5)13-14-29(24)27(26,7)9-2/h10-15H,8-9H2,1-7H3/q+1. The molecule has 2 atom stereocenters. The van der Waals surface area contributed by atoms with E-state index in [0.29, 0.717) is 0 Å². The second kappa shape index (κ2) is 5.47. The number of aromatic nitrogens is 1. The topological polar surface area (TPSA) is 3.88 Å². The summed E-state index contributed by atoms with van der Waals surface area (Å²) in [6.07, 6.45) is 4.29. The molecule has 0 bridgehead atoms. The lowest BCUT2D eigenvalue weighted by Gasteiger charge is -2.49. The molecule has 1 aromatic heterocycles. The van der Waals surface area contributed by atoms with Gasteiger partial charge in [0.2, 0.25) is 5.69 Å². The molecule has 1 aliphatic heterocycles. The Balaban J connectivity index is 2.14. The van der Waals surface area contributed by atoms with Gasteiger partial charge in [0.25, 0.3) is 0 Å². The van der Waals surface area contributed by atoms with Crippen LogP contribution in [0, 0.1) is 12.7 Å². The van der Waals surface area contributed by atoms with E-state index in [0.717, 1.165) is 29.5 Å². The Morgan fingerprint density at radius 2 is 1.69 bits per heavy atom. The Hall–Kier alpha value is -2.22. The molecule has 1 aliphatic carbocycles. The number of nitrogens with zero attached hydrogens (tertiary/aromatic N) is 1. The smallest absolute Gasteiger partial charge is 0.206 e. The molecule has 0 saturated heterocycles. The van der Waals surface area contributed by atoms with Gasteiger partial charge in [0.05, 0.1) is 16.4 Å². The first-order valence-electron chi connectivity index (χ1n) is 11.0. The minimum Gasteiger partial charge on any atom is -0.206 e. The van der Waals surface area contributed by atoms with Crippen LogP contribution in [0.25, 0.3) is 22.0 Å². The minimum atomic E-state index is -0.375. The van der Waals surface area contributed by atoms with Gasteiger partial charge in [-0.15, -0.1) is 0 Å². The first-order chi connectivity index (χ1) is 13.6. The molecule has 5 rings (SSSR count). The van der Waals surface area contributed by atoms with Crippen LogP contribution in [0.2, 0.25) is 0 Å². The molecule has 0 radical (unpaired) electrons. The maximum atomic E-state index is 15.8. The van der Waals surface area contributed by atoms with Gasteiger partial charge < -0.3 is 0 Å². The summed E-state index contributed by atoms with van der Waals surface area (Å²) in [5.74, 6) is -0.0367. The van der Waals surface area contributed by atoms with E-state index >= 15 is 4.39 Å². The normalized spacial score (nSPS) is 26.1. The lowest BCUT2D eigenvalue weighted by atomic mass is 9.56. The fourth-order valence-electron chi connectivity index (χ4n) is 6.38. The van der Waals surface area contributed by atoms with Crippen LogP contribution < -0.4 is 4.57 Å². The van der Waals surface area contributed by atoms with Crippen molar-refractivity contribution in [2.45, 2.75) is 77.7 Å². The SMILES string of the molecule is CCC1(C)c2cc(C)c(F)c3c2-c2c4c(cccc4cc[n+]2C1(C)CC)C3(C)C. The van der Waals surface area contributed by atoms with Crippen LogP contribution in [-0.2, 0) is 16.4 Å². The molecule has 2 heterocycles. The maximum Gasteiger partial charge on any atom is 0.221 e. The molecule has 29 heavy (non-hydrogen) atoms. The lowest BCUT2D eigenvalue weighted by Crippen LogP contribution is -2.68. The van der Waals surface area contributed by atoms with Crippen LogP contribution in [0.15, 0.2) is 36.5 Å². The Bertz CT molecular complexity index is 1210. The molecule has 0 amide bonds. The number of aryl methyl sites for hydroxylation is 1. The molecule has 2 aliphatic rings. The van der Waals surface area contributed by atoms with Crippen molar-refractivity contribution in [3.05, 3.63) is 64.6 Å². The fraction of sp³-hybridized carbons (Fsp3) is 0.444. The van der Waals surface area contributed by atoms with Crippen molar-refractivity contribution < 1.29 is 8.96 Å². The summed E-state index contributed by atoms with van der Waals surface area (Å²) in [7, 11) is 0. The van der Waals surface area contributed by atoms with Crippen LogP contribution in [0.4, 0.5) is 4.39 Å². The third-order valence-corrected chi connectivity index (χ3v) is 8.67. The predicted molar refractivity (Wildman–Crippen MR) is 118 cm³/mol. The summed E-state index contributed by atoms with van der Waals surface area (Å²) in [5, 5.41) is 2.55. The zero-order valence-corrected chi connectivity index (χ0v) is 18.7. The molecule has 0 fully saturated rings. The Kier molecular flexibility index (Phi) is 3.55. The van der Waals surface area contributed by atoms with Gasteiger partial charge in [0.15, 0.2) is 11.7 Å². The van der Waals surface area contributed by atoms with Crippen LogP contribution >= 0.6 is 0 Å². The minimum absolute atomic E-state index is 0.0367. The van der Waals surface area contributed by atoms with Crippen molar-refractivity contribution in [1.82, 2.24) is 0 Å². The quantitative estimate of drug-likeness (QED) is 0.431. The first kappa shape index (κ1) is 18.8. The summed E-state index contributed by atoms with van der Waals surface area (Å²) in [6, 6.07) is 10.9. The molecule has 0 saturated carbocycles. The van der Waals surface area contributed by atoms with Crippen LogP contribution in [0.5, 0.6) is 0 Å². The molecule has 2 unspecified atom stereocenters. The number of rotatable bonds is 2. The molecule has 0 N–H and O–H groups in total. The highest BCUT2D eigenvalue weighted by molar-refractivity contribution is 6.01. The molecule has 2 heteroatoms. The number of pyridine rings is 1. The van der Waals surface area contributed by atoms with Gasteiger partial charge in [-0.2, -0.15) is 4.57 Å². The third-order valence-electron chi connectivity index (χ3n) is 8.67. The van der Waals surface area contributed by atoms with Gasteiger partial charge in [-0.1, -0.05) is 52.0 Å². The highest BCUT2D eigenvalue weighted by Crippen LogP contribution is 2.57. The summed E-state index contributed by atoms with van der Waals surface area (Å²) >= 11 is 0. The Morgan fingerprint density at radius 1 is 0.966 bits per heavy atom. The monoisotopic (exact) mass is 388 g/mol. The zero-order valence-electron chi connectivity index (χ0n) is 18.7. The highest BCUT2D eigenvalue weighted by Gasteiger charge is 2.59. The number of benzene rings is 2. The van der Waals surface area contributed by atoms with Crippen molar-refractivity contribution >= 4 is 10.8 Å². The maximum absolute atomic E-state index is 15.8. The van der Waals surface area contributed by atoms with E-state index in [1.54, 1.807) is 0 Å². The highest BCUT2D eigenvalue weighted by atomic mass is 19.1. The predicted octanol–water partition coefficient (Wildman–Crippen LogP) is 6.69. The number of hydrogen-bond donors (Lipinski definition) is 0. The largest absolute Gasteiger partial charge is 0.221 e. The second-order valence-corrected chi connectivity index (χ2v) is 10.0. The molecule has 1 nitrogen and oxygen atoms in total. The van der Waals surface area contributed by atoms with Crippen molar-refractivity contribution in [3.8, 4) is 11.3 Å². The molecule has 2 aromatic carbocycles. The Morgan fingerprint density at radius 3 is 2.34 bits per heavy atom. The van der Waals surface area contributed by atoms with Gasteiger partial charge in [-0.25, -0.2) is 4.39 Å². The lowest BCUT2D eigenvalue weighted by molar-refractivity contribution is -0.764. The van der Waals surface area contributed by atoms with Gasteiger partial charge in [-0.3, -0.25) is 0 Å². The van der Waals surface area contributed by atoms with Crippen LogP contribution in [0.3, 0.4) is 0 Å². The average Bonchev–Trinajstić information content (AvgIpc) is 2.71. The Labute approximate surface area is 173 Å². The van der Waals surface area contributed by atoms with Crippen molar-refractivity contribution in [1.29, 1.82) is 0 Å². The molecule has 3 aromatic rings. The zero-order chi connectivity index (χ0) is 20.9. The van der Waals surface area contributed by atoms with Gasteiger partial charge in [0.1, 0.15) is 5.82 Å². The second-order valence-electron chi connectivity index (χ2n) is 10.0. The first-order valence-corrected chi connectivity index (χ1v) is 11.0. The van der Waals surface area contributed by atoms with Gasteiger partial charge >= 0.3 is 0 Å². The van der Waals surface area contributed by atoms with Crippen molar-refractivity contribution in [2.75, 3.05) is 0 Å². The molecular formula is C27H31FN+. The molecule has 0 spiro atoms. The molecule has 150 valence electrons. The average molecular weight is 389 g/mol. The number of hydrogen-bond acceptors (Lipinski definition) is 0. The summed E-state index contributed by atoms with van der Waals surface area (Å²) in [6.45, 7) is 15.7. The van der Waals surface area contributed by atoms with E-state index in [4.69, 9.17) is 0 Å².